The predicted molar refractivity (Wildman–Crippen MR) is 120 cm³/mol. The van der Waals surface area contributed by atoms with E-state index < -0.39 is 0 Å². The maximum atomic E-state index is 12.3. The van der Waals surface area contributed by atoms with Gasteiger partial charge in [0.2, 0.25) is 5.91 Å². The van der Waals surface area contributed by atoms with Crippen molar-refractivity contribution in [2.45, 2.75) is 63.7 Å². The van der Waals surface area contributed by atoms with Crippen LogP contribution in [0, 0.1) is 12.8 Å². The molecule has 30 heavy (non-hydrogen) atoms. The zero-order valence-electron chi connectivity index (χ0n) is 18.3. The lowest BCUT2D eigenvalue weighted by Crippen LogP contribution is -2.38. The maximum Gasteiger partial charge on any atom is 0.225 e. The molecule has 3 nitrogen and oxygen atoms in total. The summed E-state index contributed by atoms with van der Waals surface area (Å²) in [4.78, 5) is 14.4. The first-order valence-corrected chi connectivity index (χ1v) is 11.7. The summed E-state index contributed by atoms with van der Waals surface area (Å²) >= 11 is 0. The molecule has 1 saturated carbocycles. The molecular formula is C27H33NO2. The van der Waals surface area contributed by atoms with Gasteiger partial charge in [-0.1, -0.05) is 30.3 Å². The minimum absolute atomic E-state index is 0.349. The molecule has 2 fully saturated rings. The van der Waals surface area contributed by atoms with Gasteiger partial charge >= 0.3 is 0 Å². The average molecular weight is 404 g/mol. The van der Waals surface area contributed by atoms with E-state index in [0.29, 0.717) is 23.7 Å². The number of benzene rings is 2. The summed E-state index contributed by atoms with van der Waals surface area (Å²) in [5.41, 5.74) is 7.22. The van der Waals surface area contributed by atoms with Crippen LogP contribution in [0.25, 0.3) is 0 Å². The van der Waals surface area contributed by atoms with Crippen molar-refractivity contribution in [3.8, 4) is 5.75 Å². The normalized spacial score (nSPS) is 21.5. The third-order valence-corrected chi connectivity index (χ3v) is 7.58. The number of carbonyl (C=O) groups excluding carboxylic acids is 1. The number of carbonyl (C=O) groups is 1. The Balaban J connectivity index is 1.26. The number of hydrogen-bond acceptors (Lipinski definition) is 2. The Labute approximate surface area is 180 Å². The summed E-state index contributed by atoms with van der Waals surface area (Å²) in [5, 5.41) is 0. The van der Waals surface area contributed by atoms with E-state index in [1.807, 2.05) is 0 Å². The largest absolute Gasteiger partial charge is 0.496 e. The van der Waals surface area contributed by atoms with Crippen LogP contribution in [0.4, 0.5) is 0 Å². The third-order valence-electron chi connectivity index (χ3n) is 7.58. The highest BCUT2D eigenvalue weighted by atomic mass is 16.5. The van der Waals surface area contributed by atoms with E-state index in [0.717, 1.165) is 57.4 Å². The Kier molecular flexibility index (Phi) is 5.30. The topological polar surface area (TPSA) is 29.5 Å². The molecule has 0 spiro atoms. The highest BCUT2D eigenvalue weighted by Crippen LogP contribution is 2.42. The van der Waals surface area contributed by atoms with Crippen molar-refractivity contribution in [2.75, 3.05) is 20.2 Å². The van der Waals surface area contributed by atoms with Crippen molar-refractivity contribution in [3.63, 3.8) is 0 Å². The lowest BCUT2D eigenvalue weighted by atomic mass is 9.85. The molecular weight excluding hydrogens is 370 g/mol. The summed E-state index contributed by atoms with van der Waals surface area (Å²) in [5.74, 6) is 2.96. The van der Waals surface area contributed by atoms with Crippen LogP contribution < -0.4 is 4.74 Å². The van der Waals surface area contributed by atoms with Gasteiger partial charge in [-0.2, -0.15) is 0 Å². The van der Waals surface area contributed by atoms with Crippen molar-refractivity contribution >= 4 is 5.91 Å². The van der Waals surface area contributed by atoms with Crippen LogP contribution in [0.2, 0.25) is 0 Å². The number of hydrogen-bond donors (Lipinski definition) is 0. The van der Waals surface area contributed by atoms with Crippen molar-refractivity contribution in [1.82, 2.24) is 4.90 Å². The molecule has 5 rings (SSSR count). The highest BCUT2D eigenvalue weighted by molar-refractivity contribution is 5.81. The van der Waals surface area contributed by atoms with Crippen molar-refractivity contribution in [1.29, 1.82) is 0 Å². The standard InChI is InChI=1S/C27H33NO2/c1-18-16-23(19-12-14-28(15-13-19)27(29)21-7-8-21)10-9-22(18)17-24-11-6-20-4-3-5-25(30-2)26(20)24/h3-5,9-10,16,19,21,24H,6-8,11-15,17H2,1-2H3. The van der Waals surface area contributed by atoms with Gasteiger partial charge in [-0.25, -0.2) is 0 Å². The Morgan fingerprint density at radius 2 is 1.87 bits per heavy atom. The first-order chi connectivity index (χ1) is 14.6. The smallest absolute Gasteiger partial charge is 0.225 e. The maximum absolute atomic E-state index is 12.3. The molecule has 0 aromatic heterocycles. The van der Waals surface area contributed by atoms with E-state index >= 15 is 0 Å². The molecule has 0 bridgehead atoms. The number of amides is 1. The second-order valence-electron chi connectivity index (χ2n) is 9.53. The van der Waals surface area contributed by atoms with Crippen LogP contribution in [-0.4, -0.2) is 31.0 Å². The van der Waals surface area contributed by atoms with Gasteiger partial charge in [0.1, 0.15) is 5.75 Å². The number of rotatable bonds is 5. The summed E-state index contributed by atoms with van der Waals surface area (Å²) in [7, 11) is 1.79. The van der Waals surface area contributed by atoms with Crippen molar-refractivity contribution < 1.29 is 9.53 Å². The van der Waals surface area contributed by atoms with E-state index in [2.05, 4.69) is 48.2 Å². The first-order valence-electron chi connectivity index (χ1n) is 11.7. The number of fused-ring (bicyclic) bond motifs is 1. The number of likely N-dealkylation sites (tertiary alicyclic amines) is 1. The van der Waals surface area contributed by atoms with Gasteiger partial charge in [-0.15, -0.1) is 0 Å². The van der Waals surface area contributed by atoms with E-state index in [1.165, 1.54) is 34.2 Å². The zero-order chi connectivity index (χ0) is 20.7. The predicted octanol–water partition coefficient (Wildman–Crippen LogP) is 5.39. The molecule has 1 aliphatic heterocycles. The van der Waals surface area contributed by atoms with Crippen LogP contribution in [0.1, 0.15) is 71.8 Å². The van der Waals surface area contributed by atoms with Crippen LogP contribution >= 0.6 is 0 Å². The van der Waals surface area contributed by atoms with Gasteiger partial charge in [0.15, 0.2) is 0 Å². The molecule has 3 aliphatic rings. The number of aryl methyl sites for hydroxylation is 2. The second kappa shape index (κ2) is 8.09. The monoisotopic (exact) mass is 403 g/mol. The van der Waals surface area contributed by atoms with E-state index in [4.69, 9.17) is 4.74 Å². The lowest BCUT2D eigenvalue weighted by molar-refractivity contribution is -0.133. The number of ether oxygens (including phenoxy) is 1. The van der Waals surface area contributed by atoms with Gasteiger partial charge in [0, 0.05) is 24.6 Å². The molecule has 1 atom stereocenters. The Hall–Kier alpha value is -2.29. The number of methoxy groups -OCH3 is 1. The average Bonchev–Trinajstić information content (AvgIpc) is 3.55. The molecule has 1 heterocycles. The minimum Gasteiger partial charge on any atom is -0.496 e. The minimum atomic E-state index is 0.349. The van der Waals surface area contributed by atoms with Crippen LogP contribution in [0.15, 0.2) is 36.4 Å². The molecule has 2 aliphatic carbocycles. The molecule has 0 radical (unpaired) electrons. The highest BCUT2D eigenvalue weighted by Gasteiger charge is 2.35. The quantitative estimate of drug-likeness (QED) is 0.670. The molecule has 0 N–H and O–H groups in total. The molecule has 2 aromatic carbocycles. The van der Waals surface area contributed by atoms with Gasteiger partial charge in [0.25, 0.3) is 0 Å². The third kappa shape index (κ3) is 3.75. The van der Waals surface area contributed by atoms with Gasteiger partial charge < -0.3 is 9.64 Å². The first kappa shape index (κ1) is 19.7. The second-order valence-corrected chi connectivity index (χ2v) is 9.53. The van der Waals surface area contributed by atoms with Gasteiger partial charge in [0.05, 0.1) is 7.11 Å². The SMILES string of the molecule is COc1cccc2c1C(Cc1ccc(C3CCN(C(=O)C4CC4)CC3)cc1C)CC2. The van der Waals surface area contributed by atoms with Crippen molar-refractivity contribution in [2.24, 2.45) is 5.92 Å². The molecule has 158 valence electrons. The van der Waals surface area contributed by atoms with Crippen LogP contribution in [-0.2, 0) is 17.6 Å². The summed E-state index contributed by atoms with van der Waals surface area (Å²) in [6.07, 6.45) is 7.88. The fraction of sp³-hybridized carbons (Fsp3) is 0.519. The van der Waals surface area contributed by atoms with Crippen molar-refractivity contribution in [3.05, 3.63) is 64.2 Å². The number of piperidine rings is 1. The summed E-state index contributed by atoms with van der Waals surface area (Å²) in [6.45, 7) is 4.13. The molecule has 1 unspecified atom stereocenters. The summed E-state index contributed by atoms with van der Waals surface area (Å²) in [6, 6.07) is 13.6. The van der Waals surface area contributed by atoms with Gasteiger partial charge in [-0.05, 0) is 92.0 Å². The lowest BCUT2D eigenvalue weighted by Gasteiger charge is -2.32. The zero-order valence-corrected chi connectivity index (χ0v) is 18.3. The Morgan fingerprint density at radius 1 is 1.07 bits per heavy atom. The molecule has 1 saturated heterocycles. The molecule has 2 aromatic rings. The fourth-order valence-electron chi connectivity index (χ4n) is 5.62. The molecule has 3 heteroatoms. The Bertz CT molecular complexity index is 938. The van der Waals surface area contributed by atoms with Gasteiger partial charge in [-0.3, -0.25) is 4.79 Å². The van der Waals surface area contributed by atoms with E-state index in [-0.39, 0.29) is 0 Å². The van der Waals surface area contributed by atoms with E-state index in [9.17, 15) is 4.79 Å². The van der Waals surface area contributed by atoms with Crippen LogP contribution in [0.5, 0.6) is 5.75 Å². The van der Waals surface area contributed by atoms with Crippen LogP contribution in [0.3, 0.4) is 0 Å². The molecule has 1 amide bonds. The number of nitrogens with zero attached hydrogens (tertiary/aromatic N) is 1. The van der Waals surface area contributed by atoms with E-state index in [1.54, 1.807) is 7.11 Å². The summed E-state index contributed by atoms with van der Waals surface area (Å²) < 4.78 is 5.67. The Morgan fingerprint density at radius 3 is 2.57 bits per heavy atom. The fourth-order valence-corrected chi connectivity index (χ4v) is 5.62.